The molecule has 2 rings (SSSR count). The molecule has 0 heterocycles. The zero-order valence-electron chi connectivity index (χ0n) is 11.8. The number of rotatable bonds is 3. The van der Waals surface area contributed by atoms with Crippen LogP contribution in [0.4, 0.5) is 0 Å². The van der Waals surface area contributed by atoms with Crippen molar-refractivity contribution in [3.63, 3.8) is 0 Å². The summed E-state index contributed by atoms with van der Waals surface area (Å²) in [5.74, 6) is 0.566. The first-order valence-electron chi connectivity index (χ1n) is 7.10. The maximum Gasteiger partial charge on any atom is 0.0624 e. The number of halogens is 2. The highest BCUT2D eigenvalue weighted by Crippen LogP contribution is 2.42. The van der Waals surface area contributed by atoms with Crippen LogP contribution in [-0.2, 0) is 6.42 Å². The number of hydrogen-bond donors (Lipinski definition) is 1. The quantitative estimate of drug-likeness (QED) is 0.827. The number of hydrogen-bond acceptors (Lipinski definition) is 1. The maximum atomic E-state index is 6.47. The molecule has 2 atom stereocenters. The summed E-state index contributed by atoms with van der Waals surface area (Å²) in [5.41, 5.74) is 7.88. The van der Waals surface area contributed by atoms with Gasteiger partial charge in [0.05, 0.1) is 10.0 Å². The SMILES string of the molecule is CC1(C)CCCCC1C(N)Cc1cccc(Cl)c1Cl. The third-order valence-corrected chi connectivity index (χ3v) is 5.45. The van der Waals surface area contributed by atoms with Gasteiger partial charge in [0.1, 0.15) is 0 Å². The van der Waals surface area contributed by atoms with E-state index >= 15 is 0 Å². The van der Waals surface area contributed by atoms with E-state index in [1.54, 1.807) is 0 Å². The van der Waals surface area contributed by atoms with Gasteiger partial charge in [0.25, 0.3) is 0 Å². The van der Waals surface area contributed by atoms with Crippen LogP contribution in [0.5, 0.6) is 0 Å². The zero-order chi connectivity index (χ0) is 14.0. The summed E-state index contributed by atoms with van der Waals surface area (Å²) < 4.78 is 0. The molecule has 1 aliphatic rings. The zero-order valence-corrected chi connectivity index (χ0v) is 13.3. The van der Waals surface area contributed by atoms with Gasteiger partial charge in [-0.2, -0.15) is 0 Å². The molecule has 0 amide bonds. The Kier molecular flexibility index (Phi) is 4.81. The van der Waals surface area contributed by atoms with Crippen molar-refractivity contribution in [2.24, 2.45) is 17.1 Å². The van der Waals surface area contributed by atoms with Gasteiger partial charge >= 0.3 is 0 Å². The molecule has 3 heteroatoms. The van der Waals surface area contributed by atoms with Gasteiger partial charge in [0.15, 0.2) is 0 Å². The van der Waals surface area contributed by atoms with E-state index in [0.717, 1.165) is 12.0 Å². The highest BCUT2D eigenvalue weighted by molar-refractivity contribution is 6.42. The molecular weight excluding hydrogens is 277 g/mol. The van der Waals surface area contributed by atoms with Crippen LogP contribution in [0.1, 0.15) is 45.1 Å². The van der Waals surface area contributed by atoms with E-state index in [1.165, 1.54) is 25.7 Å². The van der Waals surface area contributed by atoms with Crippen LogP contribution in [0, 0.1) is 11.3 Å². The van der Waals surface area contributed by atoms with E-state index < -0.39 is 0 Å². The molecule has 0 aromatic heterocycles. The van der Waals surface area contributed by atoms with Crippen LogP contribution in [0.15, 0.2) is 18.2 Å². The highest BCUT2D eigenvalue weighted by Gasteiger charge is 2.36. The second-order valence-electron chi connectivity index (χ2n) is 6.42. The molecule has 1 fully saturated rings. The predicted octanol–water partition coefficient (Wildman–Crippen LogP) is 5.08. The summed E-state index contributed by atoms with van der Waals surface area (Å²) >= 11 is 12.3. The number of nitrogens with two attached hydrogens (primary N) is 1. The summed E-state index contributed by atoms with van der Waals surface area (Å²) in [6.45, 7) is 4.69. The lowest BCUT2D eigenvalue weighted by molar-refractivity contribution is 0.112. The van der Waals surface area contributed by atoms with Crippen molar-refractivity contribution < 1.29 is 0 Å². The second kappa shape index (κ2) is 6.03. The average Bonchev–Trinajstić information content (AvgIpc) is 2.34. The molecule has 0 bridgehead atoms. The summed E-state index contributed by atoms with van der Waals surface area (Å²) in [5, 5.41) is 1.28. The molecule has 19 heavy (non-hydrogen) atoms. The molecule has 1 saturated carbocycles. The molecule has 0 aliphatic heterocycles. The predicted molar refractivity (Wildman–Crippen MR) is 83.9 cm³/mol. The van der Waals surface area contributed by atoms with Crippen molar-refractivity contribution in [3.05, 3.63) is 33.8 Å². The molecule has 2 unspecified atom stereocenters. The Balaban J connectivity index is 2.12. The molecule has 2 N–H and O–H groups in total. The highest BCUT2D eigenvalue weighted by atomic mass is 35.5. The van der Waals surface area contributed by atoms with E-state index in [1.807, 2.05) is 18.2 Å². The molecule has 106 valence electrons. The third kappa shape index (κ3) is 3.45. The fourth-order valence-electron chi connectivity index (χ4n) is 3.42. The minimum atomic E-state index is 0.159. The minimum Gasteiger partial charge on any atom is -0.327 e. The summed E-state index contributed by atoms with van der Waals surface area (Å²) in [4.78, 5) is 0. The molecule has 0 radical (unpaired) electrons. The summed E-state index contributed by atoms with van der Waals surface area (Å²) in [6, 6.07) is 5.96. The Hall–Kier alpha value is -0.240. The Bertz CT molecular complexity index is 442. The first kappa shape index (κ1) is 15.2. The van der Waals surface area contributed by atoms with Crippen molar-refractivity contribution in [2.45, 2.75) is 52.0 Å². The first-order valence-corrected chi connectivity index (χ1v) is 7.86. The van der Waals surface area contributed by atoms with E-state index in [9.17, 15) is 0 Å². The smallest absolute Gasteiger partial charge is 0.0624 e. The third-order valence-electron chi connectivity index (χ3n) is 4.59. The Morgan fingerprint density at radius 2 is 2.05 bits per heavy atom. The van der Waals surface area contributed by atoms with E-state index in [4.69, 9.17) is 28.9 Å². The lowest BCUT2D eigenvalue weighted by Gasteiger charge is -2.42. The fourth-order valence-corrected chi connectivity index (χ4v) is 3.81. The minimum absolute atomic E-state index is 0.159. The van der Waals surface area contributed by atoms with Crippen molar-refractivity contribution in [3.8, 4) is 0 Å². The van der Waals surface area contributed by atoms with Gasteiger partial charge in [-0.1, -0.05) is 62.0 Å². The van der Waals surface area contributed by atoms with Crippen molar-refractivity contribution in [2.75, 3.05) is 0 Å². The van der Waals surface area contributed by atoms with Crippen molar-refractivity contribution in [1.82, 2.24) is 0 Å². The summed E-state index contributed by atoms with van der Waals surface area (Å²) in [7, 11) is 0. The van der Waals surface area contributed by atoms with Crippen LogP contribution in [-0.4, -0.2) is 6.04 Å². The van der Waals surface area contributed by atoms with Gasteiger partial charge in [-0.05, 0) is 42.2 Å². The normalized spacial score (nSPS) is 24.2. The van der Waals surface area contributed by atoms with Gasteiger partial charge < -0.3 is 5.73 Å². The van der Waals surface area contributed by atoms with Gasteiger partial charge in [0, 0.05) is 6.04 Å². The van der Waals surface area contributed by atoms with Gasteiger partial charge in [-0.3, -0.25) is 0 Å². The van der Waals surface area contributed by atoms with Crippen LogP contribution in [0.3, 0.4) is 0 Å². The standard InChI is InChI=1S/C16H23Cl2N/c1-16(2)9-4-3-7-12(16)14(19)10-11-6-5-8-13(17)15(11)18/h5-6,8,12,14H,3-4,7,9-10,19H2,1-2H3. The molecule has 1 nitrogen and oxygen atoms in total. The molecule has 0 saturated heterocycles. The second-order valence-corrected chi connectivity index (χ2v) is 7.21. The molecular formula is C16H23Cl2N. The molecule has 1 aliphatic carbocycles. The molecule has 1 aromatic carbocycles. The van der Waals surface area contributed by atoms with Gasteiger partial charge in [-0.25, -0.2) is 0 Å². The Morgan fingerprint density at radius 3 is 2.74 bits per heavy atom. The van der Waals surface area contributed by atoms with E-state index in [2.05, 4.69) is 13.8 Å². The Morgan fingerprint density at radius 1 is 1.32 bits per heavy atom. The summed E-state index contributed by atoms with van der Waals surface area (Å²) in [6.07, 6.45) is 5.94. The topological polar surface area (TPSA) is 26.0 Å². The number of benzene rings is 1. The fraction of sp³-hybridized carbons (Fsp3) is 0.625. The molecule has 0 spiro atoms. The van der Waals surface area contributed by atoms with E-state index in [-0.39, 0.29) is 6.04 Å². The largest absolute Gasteiger partial charge is 0.327 e. The average molecular weight is 300 g/mol. The Labute approximate surface area is 126 Å². The van der Waals surface area contributed by atoms with Crippen LogP contribution < -0.4 is 5.73 Å². The molecule has 1 aromatic rings. The van der Waals surface area contributed by atoms with Crippen LogP contribution in [0.25, 0.3) is 0 Å². The maximum absolute atomic E-state index is 6.47. The van der Waals surface area contributed by atoms with E-state index in [0.29, 0.717) is 21.4 Å². The van der Waals surface area contributed by atoms with Crippen molar-refractivity contribution >= 4 is 23.2 Å². The van der Waals surface area contributed by atoms with Gasteiger partial charge in [0.2, 0.25) is 0 Å². The monoisotopic (exact) mass is 299 g/mol. The lowest BCUT2D eigenvalue weighted by Crippen LogP contribution is -2.43. The van der Waals surface area contributed by atoms with Crippen LogP contribution >= 0.6 is 23.2 Å². The van der Waals surface area contributed by atoms with Crippen LogP contribution in [0.2, 0.25) is 10.0 Å². The van der Waals surface area contributed by atoms with Crippen molar-refractivity contribution in [1.29, 1.82) is 0 Å². The first-order chi connectivity index (χ1) is 8.92. The van der Waals surface area contributed by atoms with Gasteiger partial charge in [-0.15, -0.1) is 0 Å². The lowest BCUT2D eigenvalue weighted by atomic mass is 9.65.